The summed E-state index contributed by atoms with van der Waals surface area (Å²) < 4.78 is 7.47. The van der Waals surface area contributed by atoms with E-state index in [1.807, 2.05) is 11.3 Å². The summed E-state index contributed by atoms with van der Waals surface area (Å²) in [5, 5.41) is 7.81. The molecule has 10 rings (SSSR count). The van der Waals surface area contributed by atoms with Gasteiger partial charge in [0.2, 0.25) is 0 Å². The molecule has 2 nitrogen and oxygen atoms in total. The Morgan fingerprint density at radius 1 is 0.311 bits per heavy atom. The quantitative estimate of drug-likeness (QED) is 0.194. The molecule has 0 N–H and O–H groups in total. The van der Waals surface area contributed by atoms with Gasteiger partial charge in [0, 0.05) is 53.1 Å². The maximum absolute atomic E-state index is 2.42. The van der Waals surface area contributed by atoms with Crippen molar-refractivity contribution in [3.05, 3.63) is 158 Å². The summed E-state index contributed by atoms with van der Waals surface area (Å²) >= 11 is 1.88. The van der Waals surface area contributed by atoms with Gasteiger partial charge in [0.05, 0.1) is 22.1 Å². The molecular weight excluding hydrogens is 565 g/mol. The second kappa shape index (κ2) is 9.43. The molecule has 0 amide bonds. The first kappa shape index (κ1) is 24.8. The molecule has 3 heterocycles. The van der Waals surface area contributed by atoms with Gasteiger partial charge in [-0.3, -0.25) is 0 Å². The Bertz CT molecular complexity index is 2700. The van der Waals surface area contributed by atoms with E-state index >= 15 is 0 Å². The van der Waals surface area contributed by atoms with E-state index < -0.39 is 0 Å². The lowest BCUT2D eigenvalue weighted by molar-refractivity contribution is 1.18. The van der Waals surface area contributed by atoms with Crippen molar-refractivity contribution < 1.29 is 0 Å². The number of fused-ring (bicyclic) bond motifs is 9. The minimum atomic E-state index is 1.17. The average Bonchev–Trinajstić information content (AvgIpc) is 3.75. The molecule has 0 atom stereocenters. The van der Waals surface area contributed by atoms with E-state index in [2.05, 4.69) is 167 Å². The monoisotopic (exact) mass is 590 g/mol. The van der Waals surface area contributed by atoms with Gasteiger partial charge in [-0.15, -0.1) is 11.3 Å². The minimum Gasteiger partial charge on any atom is -0.309 e. The third-order valence-electron chi connectivity index (χ3n) is 9.31. The van der Waals surface area contributed by atoms with Gasteiger partial charge in [-0.05, 0) is 71.8 Å². The Kier molecular flexibility index (Phi) is 5.19. The van der Waals surface area contributed by atoms with Crippen molar-refractivity contribution in [2.45, 2.75) is 0 Å². The highest BCUT2D eigenvalue weighted by Gasteiger charge is 2.16. The standard InChI is InChI=1S/C42H26N2S/c1-5-16-37-31(12-1)32-13-2-6-17-38(32)44(37)30-11-9-10-28(24-30)27-20-22-29(23-21-27)43-39-18-7-3-14-33(39)35-25-36-34-15-4-8-19-41(34)45-42(36)26-40(35)43/h1-26H. The van der Waals surface area contributed by atoms with Crippen LogP contribution in [0.5, 0.6) is 0 Å². The topological polar surface area (TPSA) is 9.86 Å². The van der Waals surface area contributed by atoms with Crippen molar-refractivity contribution >= 4 is 75.1 Å². The maximum Gasteiger partial charge on any atom is 0.0555 e. The summed E-state index contributed by atoms with van der Waals surface area (Å²) in [6, 6.07) is 57.7. The predicted molar refractivity (Wildman–Crippen MR) is 193 cm³/mol. The van der Waals surface area contributed by atoms with Crippen LogP contribution < -0.4 is 0 Å². The van der Waals surface area contributed by atoms with Gasteiger partial charge in [-0.25, -0.2) is 0 Å². The van der Waals surface area contributed by atoms with Crippen LogP contribution in [0.1, 0.15) is 0 Å². The summed E-state index contributed by atoms with van der Waals surface area (Å²) in [6.07, 6.45) is 0. The largest absolute Gasteiger partial charge is 0.309 e. The molecular formula is C42H26N2S. The minimum absolute atomic E-state index is 1.17. The van der Waals surface area contributed by atoms with Crippen LogP contribution in [0.2, 0.25) is 0 Å². The number of thiophene rings is 1. The van der Waals surface area contributed by atoms with Crippen LogP contribution in [-0.2, 0) is 0 Å². The molecule has 7 aromatic carbocycles. The molecule has 0 spiro atoms. The fourth-order valence-electron chi connectivity index (χ4n) is 7.29. The molecule has 0 fully saturated rings. The lowest BCUT2D eigenvalue weighted by atomic mass is 10.0. The third-order valence-corrected chi connectivity index (χ3v) is 10.4. The van der Waals surface area contributed by atoms with Crippen molar-refractivity contribution in [1.29, 1.82) is 0 Å². The van der Waals surface area contributed by atoms with Gasteiger partial charge < -0.3 is 9.13 Å². The number of para-hydroxylation sites is 3. The lowest BCUT2D eigenvalue weighted by Crippen LogP contribution is -1.95. The molecule has 3 heteroatoms. The Hall–Kier alpha value is -5.64. The van der Waals surface area contributed by atoms with Gasteiger partial charge in [0.25, 0.3) is 0 Å². The van der Waals surface area contributed by atoms with Gasteiger partial charge >= 0.3 is 0 Å². The summed E-state index contributed by atoms with van der Waals surface area (Å²) in [4.78, 5) is 0. The highest BCUT2D eigenvalue weighted by molar-refractivity contribution is 7.25. The van der Waals surface area contributed by atoms with Crippen LogP contribution in [0.4, 0.5) is 0 Å². The van der Waals surface area contributed by atoms with E-state index in [0.717, 1.165) is 0 Å². The van der Waals surface area contributed by atoms with Crippen LogP contribution in [0.15, 0.2) is 158 Å². The fourth-order valence-corrected chi connectivity index (χ4v) is 8.41. The second-order valence-corrected chi connectivity index (χ2v) is 12.9. The Morgan fingerprint density at radius 2 is 0.889 bits per heavy atom. The molecule has 0 aliphatic rings. The number of nitrogens with zero attached hydrogens (tertiary/aromatic N) is 2. The molecule has 0 aliphatic heterocycles. The summed E-state index contributed by atoms with van der Waals surface area (Å²) in [5.41, 5.74) is 9.68. The Morgan fingerprint density at radius 3 is 1.58 bits per heavy atom. The lowest BCUT2D eigenvalue weighted by Gasteiger charge is -2.12. The smallest absolute Gasteiger partial charge is 0.0555 e. The first-order chi connectivity index (χ1) is 22.3. The van der Waals surface area contributed by atoms with Crippen LogP contribution in [-0.4, -0.2) is 9.13 Å². The van der Waals surface area contributed by atoms with Gasteiger partial charge in [0.15, 0.2) is 0 Å². The van der Waals surface area contributed by atoms with E-state index in [0.29, 0.717) is 0 Å². The van der Waals surface area contributed by atoms with Crippen LogP contribution in [0.3, 0.4) is 0 Å². The number of aromatic nitrogens is 2. The molecule has 0 aliphatic carbocycles. The summed E-state index contributed by atoms with van der Waals surface area (Å²) in [5.74, 6) is 0. The highest BCUT2D eigenvalue weighted by Crippen LogP contribution is 2.41. The Balaban J connectivity index is 1.12. The second-order valence-electron chi connectivity index (χ2n) is 11.8. The van der Waals surface area contributed by atoms with Crippen LogP contribution >= 0.6 is 11.3 Å². The fraction of sp³-hybridized carbons (Fsp3) is 0. The normalized spacial score (nSPS) is 12.0. The first-order valence-corrected chi connectivity index (χ1v) is 16.2. The average molecular weight is 591 g/mol. The van der Waals surface area contributed by atoms with E-state index in [1.165, 1.54) is 86.3 Å². The molecule has 0 saturated heterocycles. The van der Waals surface area contributed by atoms with Crippen molar-refractivity contribution in [3.63, 3.8) is 0 Å². The maximum atomic E-state index is 2.42. The number of rotatable bonds is 3. The summed E-state index contributed by atoms with van der Waals surface area (Å²) in [7, 11) is 0. The zero-order valence-corrected chi connectivity index (χ0v) is 25.1. The van der Waals surface area contributed by atoms with Crippen molar-refractivity contribution in [2.75, 3.05) is 0 Å². The Labute approximate surface area is 263 Å². The molecule has 10 aromatic rings. The first-order valence-electron chi connectivity index (χ1n) is 15.4. The number of benzene rings is 7. The molecule has 0 saturated carbocycles. The SMILES string of the molecule is c1cc(-c2ccc(-n3c4ccccc4c4cc5c(cc43)sc3ccccc35)cc2)cc(-n2c3ccccc3c3ccccc32)c1. The van der Waals surface area contributed by atoms with Crippen LogP contribution in [0, 0.1) is 0 Å². The van der Waals surface area contributed by atoms with Gasteiger partial charge in [-0.2, -0.15) is 0 Å². The zero-order chi connectivity index (χ0) is 29.5. The number of hydrogen-bond donors (Lipinski definition) is 0. The summed E-state index contributed by atoms with van der Waals surface area (Å²) in [6.45, 7) is 0. The van der Waals surface area contributed by atoms with Gasteiger partial charge in [0.1, 0.15) is 0 Å². The molecule has 0 bridgehead atoms. The predicted octanol–water partition coefficient (Wildman–Crippen LogP) is 11.9. The molecule has 45 heavy (non-hydrogen) atoms. The number of hydrogen-bond acceptors (Lipinski definition) is 1. The van der Waals surface area contributed by atoms with Crippen molar-refractivity contribution in [1.82, 2.24) is 9.13 Å². The molecule has 0 radical (unpaired) electrons. The molecule has 0 unspecified atom stereocenters. The van der Waals surface area contributed by atoms with Crippen LogP contribution in [0.25, 0.3) is 86.3 Å². The van der Waals surface area contributed by atoms with Crippen molar-refractivity contribution in [2.24, 2.45) is 0 Å². The van der Waals surface area contributed by atoms with E-state index in [4.69, 9.17) is 0 Å². The molecule has 3 aromatic heterocycles. The van der Waals surface area contributed by atoms with Gasteiger partial charge in [-0.1, -0.05) is 97.1 Å². The van der Waals surface area contributed by atoms with Crippen molar-refractivity contribution in [3.8, 4) is 22.5 Å². The molecule has 210 valence electrons. The van der Waals surface area contributed by atoms with E-state index in [1.54, 1.807) is 0 Å². The third kappa shape index (κ3) is 3.62. The zero-order valence-electron chi connectivity index (χ0n) is 24.3. The highest BCUT2D eigenvalue weighted by atomic mass is 32.1. The van der Waals surface area contributed by atoms with E-state index in [-0.39, 0.29) is 0 Å². The van der Waals surface area contributed by atoms with E-state index in [9.17, 15) is 0 Å².